The van der Waals surface area contributed by atoms with Gasteiger partial charge in [0, 0.05) is 18.8 Å². The number of hydrogen-bond donors (Lipinski definition) is 1. The topological polar surface area (TPSA) is 20.3 Å². The van der Waals surface area contributed by atoms with Crippen molar-refractivity contribution in [1.82, 2.24) is 4.90 Å². The molecular formula is C23H38NOS. The van der Waals surface area contributed by atoms with Crippen molar-refractivity contribution in [2.45, 2.75) is 73.3 Å². The number of carbonyl (C=O) groups excluding carboxylic acids is 1. The van der Waals surface area contributed by atoms with Crippen LogP contribution in [-0.2, 0) is 4.79 Å². The number of rotatable bonds is 13. The van der Waals surface area contributed by atoms with E-state index in [0.717, 1.165) is 38.8 Å². The van der Waals surface area contributed by atoms with Gasteiger partial charge in [-0.3, -0.25) is 9.69 Å². The molecule has 0 aromatic rings. The van der Waals surface area contributed by atoms with E-state index in [-0.39, 0.29) is 6.04 Å². The average Bonchev–Trinajstić information content (AvgIpc) is 2.56. The van der Waals surface area contributed by atoms with Crippen molar-refractivity contribution < 1.29 is 4.79 Å². The molecule has 0 bridgehead atoms. The van der Waals surface area contributed by atoms with Crippen LogP contribution in [0.1, 0.15) is 67.2 Å². The van der Waals surface area contributed by atoms with Gasteiger partial charge in [-0.15, -0.1) is 0 Å². The summed E-state index contributed by atoms with van der Waals surface area (Å²) in [5.74, 6) is 0.499. The van der Waals surface area contributed by atoms with Crippen LogP contribution < -0.4 is 0 Å². The van der Waals surface area contributed by atoms with Gasteiger partial charge in [0.05, 0.1) is 6.04 Å². The molecule has 0 saturated carbocycles. The maximum Gasteiger partial charge on any atom is 0.218 e. The quantitative estimate of drug-likeness (QED) is 0.310. The molecule has 0 heterocycles. The second-order valence-corrected chi connectivity index (χ2v) is 7.88. The van der Waals surface area contributed by atoms with Crippen molar-refractivity contribution in [2.75, 3.05) is 18.8 Å². The predicted octanol–water partition coefficient (Wildman–Crippen LogP) is 6.08. The highest BCUT2D eigenvalue weighted by molar-refractivity contribution is 7.80. The maximum atomic E-state index is 11.3. The highest BCUT2D eigenvalue weighted by atomic mass is 32.1. The van der Waals surface area contributed by atoms with Crippen LogP contribution in [0.3, 0.4) is 0 Å². The van der Waals surface area contributed by atoms with Crippen molar-refractivity contribution in [3.8, 4) is 0 Å². The van der Waals surface area contributed by atoms with Crippen LogP contribution in [0.5, 0.6) is 0 Å². The monoisotopic (exact) mass is 376 g/mol. The summed E-state index contributed by atoms with van der Waals surface area (Å²) >= 11 is 4.32. The van der Waals surface area contributed by atoms with Gasteiger partial charge in [0.15, 0.2) is 0 Å². The van der Waals surface area contributed by atoms with Crippen LogP contribution in [0.2, 0.25) is 0 Å². The maximum absolute atomic E-state index is 11.3. The summed E-state index contributed by atoms with van der Waals surface area (Å²) in [5, 5.41) is 0. The van der Waals surface area contributed by atoms with Crippen molar-refractivity contribution in [1.29, 1.82) is 0 Å². The summed E-state index contributed by atoms with van der Waals surface area (Å²) in [6, 6.07) is -0.262. The summed E-state index contributed by atoms with van der Waals surface area (Å²) in [6.07, 6.45) is 15.4. The SMILES string of the molecule is CC(C)=CCC/C(C)=C/CN(C/C=C(\C)CCC=C(C)C)[C@@H]([C]=O)CS. The Bertz CT molecular complexity index is 480. The first-order valence-corrected chi connectivity index (χ1v) is 10.2. The highest BCUT2D eigenvalue weighted by Gasteiger charge is 2.15. The largest absolute Gasteiger partial charge is 0.289 e. The zero-order chi connectivity index (χ0) is 19.9. The van der Waals surface area contributed by atoms with Gasteiger partial charge in [0.1, 0.15) is 0 Å². The van der Waals surface area contributed by atoms with Crippen molar-refractivity contribution in [2.24, 2.45) is 0 Å². The minimum Gasteiger partial charge on any atom is -0.289 e. The van der Waals surface area contributed by atoms with Gasteiger partial charge in [0.2, 0.25) is 6.29 Å². The molecule has 0 aliphatic carbocycles. The summed E-state index contributed by atoms with van der Waals surface area (Å²) < 4.78 is 0. The molecule has 0 spiro atoms. The van der Waals surface area contributed by atoms with Gasteiger partial charge >= 0.3 is 0 Å². The van der Waals surface area contributed by atoms with Gasteiger partial charge in [0.25, 0.3) is 0 Å². The smallest absolute Gasteiger partial charge is 0.218 e. The lowest BCUT2D eigenvalue weighted by Gasteiger charge is -2.24. The Morgan fingerprint density at radius 2 is 1.27 bits per heavy atom. The third kappa shape index (κ3) is 13.2. The first kappa shape index (κ1) is 24.9. The van der Waals surface area contributed by atoms with Gasteiger partial charge in [-0.1, -0.05) is 46.6 Å². The molecule has 0 unspecified atom stereocenters. The van der Waals surface area contributed by atoms with Gasteiger partial charge < -0.3 is 0 Å². The van der Waals surface area contributed by atoms with Crippen LogP contribution >= 0.6 is 12.6 Å². The molecule has 0 N–H and O–H groups in total. The second kappa shape index (κ2) is 15.0. The van der Waals surface area contributed by atoms with Crippen LogP contribution in [0.4, 0.5) is 0 Å². The molecule has 1 atom stereocenters. The zero-order valence-electron chi connectivity index (χ0n) is 17.6. The van der Waals surface area contributed by atoms with E-state index in [2.05, 4.69) is 89.7 Å². The molecule has 26 heavy (non-hydrogen) atoms. The summed E-state index contributed by atoms with van der Waals surface area (Å²) in [6.45, 7) is 14.4. The third-order valence-corrected chi connectivity index (χ3v) is 4.63. The van der Waals surface area contributed by atoms with Crippen LogP contribution in [0.25, 0.3) is 0 Å². The van der Waals surface area contributed by atoms with Crippen LogP contribution in [0, 0.1) is 0 Å². The van der Waals surface area contributed by atoms with Crippen molar-refractivity contribution in [3.63, 3.8) is 0 Å². The molecule has 0 aliphatic rings. The first-order chi connectivity index (χ1) is 12.3. The molecule has 0 amide bonds. The van der Waals surface area contributed by atoms with E-state index >= 15 is 0 Å². The Morgan fingerprint density at radius 1 is 0.846 bits per heavy atom. The summed E-state index contributed by atoms with van der Waals surface area (Å²) in [7, 11) is 0. The molecule has 0 rings (SSSR count). The minimum absolute atomic E-state index is 0.262. The highest BCUT2D eigenvalue weighted by Crippen LogP contribution is 2.11. The number of allylic oxidation sites excluding steroid dienone is 6. The molecule has 0 aromatic heterocycles. The van der Waals surface area contributed by atoms with E-state index in [0.29, 0.717) is 5.75 Å². The van der Waals surface area contributed by atoms with Crippen LogP contribution in [-0.4, -0.2) is 36.1 Å². The normalized spacial score (nSPS) is 13.5. The van der Waals surface area contributed by atoms with Gasteiger partial charge in [-0.25, -0.2) is 0 Å². The average molecular weight is 377 g/mol. The molecule has 1 radical (unpaired) electrons. The Balaban J connectivity index is 4.78. The molecule has 2 nitrogen and oxygen atoms in total. The predicted molar refractivity (Wildman–Crippen MR) is 120 cm³/mol. The second-order valence-electron chi connectivity index (χ2n) is 7.51. The fourth-order valence-electron chi connectivity index (χ4n) is 2.48. The van der Waals surface area contributed by atoms with Crippen molar-refractivity contribution in [3.05, 3.63) is 46.6 Å². The van der Waals surface area contributed by atoms with Crippen molar-refractivity contribution >= 4 is 18.9 Å². The van der Waals surface area contributed by atoms with E-state index in [1.54, 1.807) is 0 Å². The number of thiol groups is 1. The lowest BCUT2D eigenvalue weighted by atomic mass is 10.1. The molecule has 3 heteroatoms. The Labute approximate surface area is 167 Å². The Morgan fingerprint density at radius 3 is 1.58 bits per heavy atom. The Hall–Kier alpha value is -1.06. The fourth-order valence-corrected chi connectivity index (χ4v) is 2.79. The lowest BCUT2D eigenvalue weighted by molar-refractivity contribution is 0.305. The first-order valence-electron chi connectivity index (χ1n) is 9.60. The number of hydrogen-bond acceptors (Lipinski definition) is 3. The van der Waals surface area contributed by atoms with E-state index < -0.39 is 0 Å². The van der Waals surface area contributed by atoms with E-state index in [1.165, 1.54) is 22.3 Å². The van der Waals surface area contributed by atoms with E-state index in [4.69, 9.17) is 0 Å². The fraction of sp³-hybridized carbons (Fsp3) is 0.609. The zero-order valence-corrected chi connectivity index (χ0v) is 18.5. The molecule has 147 valence electrons. The van der Waals surface area contributed by atoms with E-state index in [1.807, 2.05) is 0 Å². The lowest BCUT2D eigenvalue weighted by Crippen LogP contribution is -2.38. The summed E-state index contributed by atoms with van der Waals surface area (Å²) in [5.41, 5.74) is 5.44. The van der Waals surface area contributed by atoms with Gasteiger partial charge in [-0.2, -0.15) is 12.6 Å². The van der Waals surface area contributed by atoms with Gasteiger partial charge in [-0.05, 0) is 67.2 Å². The number of nitrogens with zero attached hydrogens (tertiary/aromatic N) is 1. The third-order valence-electron chi connectivity index (χ3n) is 4.28. The molecule has 0 aromatic carbocycles. The van der Waals surface area contributed by atoms with E-state index in [9.17, 15) is 4.79 Å². The molecule has 0 fully saturated rings. The standard InChI is InChI=1S/C23H38NOS/c1-19(2)9-7-11-21(5)13-15-24(23(17-25)18-26)16-14-22(6)12-8-10-20(3)4/h9-10,13-14,23,26H,7-8,11-12,15-16,18H2,1-6H3/b21-13+,22-14+/t23-/m0/s1. The minimum atomic E-state index is -0.262. The molecule has 0 saturated heterocycles. The molecule has 0 aliphatic heterocycles. The summed E-state index contributed by atoms with van der Waals surface area (Å²) in [4.78, 5) is 13.4. The molecular weight excluding hydrogens is 338 g/mol. The Kier molecular flexibility index (Phi) is 14.4. The van der Waals surface area contributed by atoms with Crippen LogP contribution in [0.15, 0.2) is 46.6 Å².